The molecule has 0 bridgehead atoms. The predicted molar refractivity (Wildman–Crippen MR) is 84.0 cm³/mol. The van der Waals surface area contributed by atoms with Crippen molar-refractivity contribution in [2.75, 3.05) is 0 Å². The van der Waals surface area contributed by atoms with Crippen LogP contribution in [0.3, 0.4) is 0 Å². The summed E-state index contributed by atoms with van der Waals surface area (Å²) < 4.78 is 0. The highest BCUT2D eigenvalue weighted by atomic mass is 32.1. The molecule has 0 fully saturated rings. The molecule has 0 unspecified atom stereocenters. The summed E-state index contributed by atoms with van der Waals surface area (Å²) in [6.07, 6.45) is 0. The van der Waals surface area contributed by atoms with Crippen LogP contribution in [0.1, 0.15) is 27.7 Å². The van der Waals surface area contributed by atoms with Gasteiger partial charge in [-0.25, -0.2) is 9.59 Å². The highest BCUT2D eigenvalue weighted by molar-refractivity contribution is 7.89. The molecule has 0 aromatic rings. The third-order valence-corrected chi connectivity index (χ3v) is 3.42. The maximum atomic E-state index is 11.1. The minimum absolute atomic E-state index is 0.0352. The van der Waals surface area contributed by atoms with Crippen molar-refractivity contribution in [2.24, 2.45) is 11.8 Å². The van der Waals surface area contributed by atoms with Crippen molar-refractivity contribution in [2.45, 2.75) is 39.8 Å². The zero-order valence-corrected chi connectivity index (χ0v) is 13.5. The molecule has 4 N–H and O–H groups in total. The molecular formula is C12H20N2O4S2. The van der Waals surface area contributed by atoms with Crippen molar-refractivity contribution in [1.82, 2.24) is 10.6 Å². The number of carboxylic acids is 2. The van der Waals surface area contributed by atoms with Crippen molar-refractivity contribution in [3.05, 3.63) is 0 Å². The van der Waals surface area contributed by atoms with Crippen LogP contribution in [0, 0.1) is 11.8 Å². The maximum absolute atomic E-state index is 11.1. The lowest BCUT2D eigenvalue weighted by molar-refractivity contribution is -0.141. The molecule has 0 aromatic carbocycles. The summed E-state index contributed by atoms with van der Waals surface area (Å²) in [7, 11) is 0. The van der Waals surface area contributed by atoms with Crippen molar-refractivity contribution >= 4 is 46.4 Å². The van der Waals surface area contributed by atoms with Gasteiger partial charge >= 0.3 is 11.9 Å². The van der Waals surface area contributed by atoms with Gasteiger partial charge in [0.25, 0.3) is 0 Å². The van der Waals surface area contributed by atoms with Gasteiger partial charge in [-0.15, -0.1) is 0 Å². The third-order valence-electron chi connectivity index (χ3n) is 2.64. The molecule has 0 aliphatic carbocycles. The largest absolute Gasteiger partial charge is 0.480 e. The molecule has 0 radical (unpaired) electrons. The van der Waals surface area contributed by atoms with Crippen LogP contribution in [0.5, 0.6) is 0 Å². The highest BCUT2D eigenvalue weighted by Crippen LogP contribution is 2.04. The maximum Gasteiger partial charge on any atom is 0.326 e. The van der Waals surface area contributed by atoms with E-state index in [1.54, 1.807) is 27.7 Å². The Morgan fingerprint density at radius 3 is 1.20 bits per heavy atom. The smallest absolute Gasteiger partial charge is 0.326 e. The molecule has 0 aliphatic heterocycles. The first-order chi connectivity index (χ1) is 9.07. The number of rotatable bonds is 6. The predicted octanol–water partition coefficient (Wildman–Crippen LogP) is 1.04. The first-order valence-electron chi connectivity index (χ1n) is 6.14. The summed E-state index contributed by atoms with van der Waals surface area (Å²) >= 11 is 10.0. The molecule has 0 aliphatic rings. The van der Waals surface area contributed by atoms with E-state index >= 15 is 0 Å². The van der Waals surface area contributed by atoms with Gasteiger partial charge in [0.05, 0.1) is 0 Å². The SMILES string of the molecule is CC(C)[C@H](NC(=S)C(=S)N[C@H](C(=O)O)C(C)C)C(=O)O. The Labute approximate surface area is 128 Å². The minimum atomic E-state index is -1.04. The van der Waals surface area contributed by atoms with Gasteiger partial charge in [-0.3, -0.25) is 0 Å². The Hall–Kier alpha value is -1.28. The molecule has 114 valence electrons. The van der Waals surface area contributed by atoms with Crippen LogP contribution in [0.15, 0.2) is 0 Å². The van der Waals surface area contributed by atoms with Crippen LogP contribution in [-0.4, -0.2) is 44.2 Å². The highest BCUT2D eigenvalue weighted by Gasteiger charge is 2.26. The van der Waals surface area contributed by atoms with Crippen LogP contribution < -0.4 is 10.6 Å². The lowest BCUT2D eigenvalue weighted by Crippen LogP contribution is -2.52. The van der Waals surface area contributed by atoms with E-state index in [-0.39, 0.29) is 21.8 Å². The van der Waals surface area contributed by atoms with Crippen molar-refractivity contribution in [1.29, 1.82) is 0 Å². The number of aliphatic carboxylic acids is 2. The summed E-state index contributed by atoms with van der Waals surface area (Å²) in [4.78, 5) is 22.2. The summed E-state index contributed by atoms with van der Waals surface area (Å²) in [5.41, 5.74) is 0. The molecule has 2 atom stereocenters. The first kappa shape index (κ1) is 18.7. The lowest BCUT2D eigenvalue weighted by atomic mass is 10.0. The van der Waals surface area contributed by atoms with Gasteiger partial charge in [0.15, 0.2) is 0 Å². The second-order valence-electron chi connectivity index (χ2n) is 5.07. The Kier molecular flexibility index (Phi) is 7.59. The van der Waals surface area contributed by atoms with Crippen molar-refractivity contribution in [3.63, 3.8) is 0 Å². The van der Waals surface area contributed by atoms with Gasteiger partial charge in [0, 0.05) is 0 Å². The summed E-state index contributed by atoms with van der Waals surface area (Å²) in [6, 6.07) is -1.74. The van der Waals surface area contributed by atoms with Crippen LogP contribution in [0.25, 0.3) is 0 Å². The zero-order chi connectivity index (χ0) is 16.0. The molecular weight excluding hydrogens is 300 g/mol. The number of carboxylic acid groups (broad SMARTS) is 2. The Balaban J connectivity index is 4.74. The van der Waals surface area contributed by atoms with Crippen LogP contribution in [0.2, 0.25) is 0 Å². The van der Waals surface area contributed by atoms with Gasteiger partial charge < -0.3 is 20.8 Å². The van der Waals surface area contributed by atoms with Gasteiger partial charge in [0.1, 0.15) is 22.1 Å². The fourth-order valence-corrected chi connectivity index (χ4v) is 1.81. The number of carbonyl (C=O) groups is 2. The van der Waals surface area contributed by atoms with E-state index < -0.39 is 24.0 Å². The van der Waals surface area contributed by atoms with Gasteiger partial charge in [0.2, 0.25) is 0 Å². The average molecular weight is 320 g/mol. The van der Waals surface area contributed by atoms with Crippen LogP contribution in [-0.2, 0) is 9.59 Å². The normalized spacial score (nSPS) is 13.7. The lowest BCUT2D eigenvalue weighted by Gasteiger charge is -2.23. The molecule has 20 heavy (non-hydrogen) atoms. The van der Waals surface area contributed by atoms with E-state index in [4.69, 9.17) is 34.6 Å². The van der Waals surface area contributed by atoms with Gasteiger partial charge in [-0.05, 0) is 11.8 Å². The summed E-state index contributed by atoms with van der Waals surface area (Å²) in [5, 5.41) is 23.4. The number of hydrogen-bond acceptors (Lipinski definition) is 4. The fourth-order valence-electron chi connectivity index (χ4n) is 1.44. The van der Waals surface area contributed by atoms with Crippen LogP contribution >= 0.6 is 24.4 Å². The Morgan fingerprint density at radius 2 is 1.05 bits per heavy atom. The fraction of sp³-hybridized carbons (Fsp3) is 0.667. The number of nitrogens with one attached hydrogen (secondary N) is 2. The van der Waals surface area contributed by atoms with Crippen molar-refractivity contribution in [3.8, 4) is 0 Å². The molecule has 0 spiro atoms. The van der Waals surface area contributed by atoms with E-state index in [0.717, 1.165) is 0 Å². The van der Waals surface area contributed by atoms with Crippen LogP contribution in [0.4, 0.5) is 0 Å². The Morgan fingerprint density at radius 1 is 0.800 bits per heavy atom. The molecule has 0 aromatic heterocycles. The minimum Gasteiger partial charge on any atom is -0.480 e. The molecule has 8 heteroatoms. The summed E-state index contributed by atoms with van der Waals surface area (Å²) in [5.74, 6) is -2.45. The molecule has 0 saturated carbocycles. The molecule has 0 amide bonds. The molecule has 0 heterocycles. The second-order valence-corrected chi connectivity index (χ2v) is 5.88. The summed E-state index contributed by atoms with van der Waals surface area (Å²) in [6.45, 7) is 6.94. The monoisotopic (exact) mass is 320 g/mol. The van der Waals surface area contributed by atoms with E-state index in [1.807, 2.05) is 0 Å². The molecule has 0 rings (SSSR count). The average Bonchev–Trinajstić information content (AvgIpc) is 2.30. The zero-order valence-electron chi connectivity index (χ0n) is 11.8. The van der Waals surface area contributed by atoms with E-state index in [2.05, 4.69) is 10.6 Å². The Bertz CT molecular complexity index is 372. The quantitative estimate of drug-likeness (QED) is 0.539. The second kappa shape index (κ2) is 8.11. The first-order valence-corrected chi connectivity index (χ1v) is 6.96. The number of hydrogen-bond donors (Lipinski definition) is 4. The van der Waals surface area contributed by atoms with Gasteiger partial charge in [-0.2, -0.15) is 0 Å². The third kappa shape index (κ3) is 5.79. The standard InChI is InChI=1S/C12H20N2O4S2/c1-5(2)7(11(15)16)13-9(19)10(20)14-8(6(3)4)12(17)18/h5-8H,1-4H3,(H,13,19)(H,14,20)(H,15,16)(H,17,18)/t7-,8-/m0/s1. The topological polar surface area (TPSA) is 98.7 Å². The van der Waals surface area contributed by atoms with Crippen molar-refractivity contribution < 1.29 is 19.8 Å². The van der Waals surface area contributed by atoms with Gasteiger partial charge in [-0.1, -0.05) is 52.1 Å². The molecule has 6 nitrogen and oxygen atoms in total. The van der Waals surface area contributed by atoms with E-state index in [9.17, 15) is 9.59 Å². The number of thiocarbonyl (C=S) groups is 2. The molecule has 0 saturated heterocycles. The van der Waals surface area contributed by atoms with E-state index in [1.165, 1.54) is 0 Å². The van der Waals surface area contributed by atoms with E-state index in [0.29, 0.717) is 0 Å².